The highest BCUT2D eigenvalue weighted by molar-refractivity contribution is 6.17. The highest BCUT2D eigenvalue weighted by Crippen LogP contribution is 2.30. The fraction of sp³-hybridized carbons (Fsp3) is 0.500. The van der Waals surface area contributed by atoms with Crippen molar-refractivity contribution in [1.82, 2.24) is 10.2 Å². The number of piperidine rings is 1. The third-order valence-corrected chi connectivity index (χ3v) is 5.06. The second-order valence-electron chi connectivity index (χ2n) is 8.63. The summed E-state index contributed by atoms with van der Waals surface area (Å²) >= 11 is 0. The molecular weight excluding hydrogens is 400 g/mol. The highest BCUT2D eigenvalue weighted by Gasteiger charge is 2.31. The van der Waals surface area contributed by atoms with E-state index in [1.807, 2.05) is 45.0 Å². The van der Waals surface area contributed by atoms with Crippen LogP contribution >= 0.6 is 0 Å². The maximum atomic E-state index is 12.4. The zero-order valence-electron chi connectivity index (χ0n) is 18.2. The van der Waals surface area contributed by atoms with Crippen LogP contribution < -0.4 is 15.5 Å². The number of aliphatic hydroxyl groups excluding tert-OH is 1. The van der Waals surface area contributed by atoms with Crippen LogP contribution in [0.1, 0.15) is 33.6 Å². The first-order valence-electron chi connectivity index (χ1n) is 10.5. The van der Waals surface area contributed by atoms with Gasteiger partial charge in [0, 0.05) is 25.2 Å². The number of carbonyl (C=O) groups is 3. The lowest BCUT2D eigenvalue weighted by Gasteiger charge is -2.35. The van der Waals surface area contributed by atoms with Gasteiger partial charge >= 0.3 is 6.09 Å². The Morgan fingerprint density at radius 2 is 1.87 bits per heavy atom. The highest BCUT2D eigenvalue weighted by atomic mass is 16.6. The van der Waals surface area contributed by atoms with Gasteiger partial charge in [0.2, 0.25) is 0 Å². The number of amides is 3. The van der Waals surface area contributed by atoms with E-state index in [0.717, 1.165) is 42.2 Å². The van der Waals surface area contributed by atoms with Crippen LogP contribution in [0.2, 0.25) is 0 Å². The zero-order valence-corrected chi connectivity index (χ0v) is 18.2. The van der Waals surface area contributed by atoms with E-state index in [-0.39, 0.29) is 24.9 Å². The number of anilines is 2. The smallest absolute Gasteiger partial charge is 0.407 e. The number of β-amino-alcohol motifs (C(OH)–C–C–N with tert-alkyl or cyclic N) is 1. The molecule has 0 aromatic heterocycles. The number of carbonyl (C=O) groups excluding carboxylic acids is 3. The number of nitrogens with one attached hydrogen (secondary N) is 2. The molecule has 1 saturated heterocycles. The molecule has 0 bridgehead atoms. The van der Waals surface area contributed by atoms with Crippen molar-refractivity contribution >= 4 is 29.3 Å². The topological polar surface area (TPSA) is 111 Å². The molecule has 0 radical (unpaired) electrons. The number of aliphatic hydroxyl groups is 1. The number of benzene rings is 1. The predicted octanol–water partition coefficient (Wildman–Crippen LogP) is 1.84. The maximum Gasteiger partial charge on any atom is 0.407 e. The van der Waals surface area contributed by atoms with Gasteiger partial charge in [0.1, 0.15) is 11.3 Å². The molecule has 3 amide bonds. The van der Waals surface area contributed by atoms with Crippen LogP contribution in [0.15, 0.2) is 36.0 Å². The Hall–Kier alpha value is -3.07. The molecule has 168 valence electrons. The SMILES string of the molecule is CC(C)(C)OC(=O)NC1CCN(c2ccccc2NC2=CC(=O)N(CCO)C2=O)CC1. The summed E-state index contributed by atoms with van der Waals surface area (Å²) in [6.45, 7) is 6.64. The fourth-order valence-corrected chi connectivity index (χ4v) is 3.65. The molecule has 2 aliphatic heterocycles. The Labute approximate surface area is 182 Å². The molecule has 9 heteroatoms. The van der Waals surface area contributed by atoms with Gasteiger partial charge < -0.3 is 25.4 Å². The number of ether oxygens (including phenoxy) is 1. The van der Waals surface area contributed by atoms with Gasteiger partial charge in [-0.25, -0.2) is 4.79 Å². The molecule has 0 aliphatic carbocycles. The molecule has 3 N–H and O–H groups in total. The lowest BCUT2D eigenvalue weighted by Crippen LogP contribution is -2.46. The number of hydrogen-bond donors (Lipinski definition) is 3. The molecule has 3 rings (SSSR count). The molecule has 0 atom stereocenters. The molecule has 0 spiro atoms. The van der Waals surface area contributed by atoms with Crippen LogP contribution in [0.4, 0.5) is 16.2 Å². The predicted molar refractivity (Wildman–Crippen MR) is 117 cm³/mol. The average molecular weight is 431 g/mol. The van der Waals surface area contributed by atoms with Crippen molar-refractivity contribution < 1.29 is 24.2 Å². The Morgan fingerprint density at radius 3 is 2.52 bits per heavy atom. The average Bonchev–Trinajstić information content (AvgIpc) is 2.95. The van der Waals surface area contributed by atoms with Gasteiger partial charge in [0.25, 0.3) is 11.8 Å². The van der Waals surface area contributed by atoms with Crippen molar-refractivity contribution in [3.8, 4) is 0 Å². The minimum absolute atomic E-state index is 0.0286. The van der Waals surface area contributed by atoms with Crippen molar-refractivity contribution in [3.05, 3.63) is 36.0 Å². The second-order valence-corrected chi connectivity index (χ2v) is 8.63. The minimum atomic E-state index is -0.532. The van der Waals surface area contributed by atoms with Crippen molar-refractivity contribution in [2.75, 3.05) is 36.5 Å². The first kappa shape index (κ1) is 22.6. The van der Waals surface area contributed by atoms with E-state index in [1.54, 1.807) is 0 Å². The van der Waals surface area contributed by atoms with Gasteiger partial charge in [0.05, 0.1) is 24.5 Å². The Balaban J connectivity index is 1.62. The Bertz CT molecular complexity index is 869. The number of hydrogen-bond acceptors (Lipinski definition) is 7. The van der Waals surface area contributed by atoms with Crippen molar-refractivity contribution in [2.24, 2.45) is 0 Å². The van der Waals surface area contributed by atoms with E-state index in [1.165, 1.54) is 6.08 Å². The Morgan fingerprint density at radius 1 is 1.19 bits per heavy atom. The lowest BCUT2D eigenvalue weighted by molar-refractivity contribution is -0.137. The zero-order chi connectivity index (χ0) is 22.6. The molecular formula is C22H30N4O5. The van der Waals surface area contributed by atoms with Crippen LogP contribution in [0.3, 0.4) is 0 Å². The summed E-state index contributed by atoms with van der Waals surface area (Å²) in [7, 11) is 0. The van der Waals surface area contributed by atoms with Crippen molar-refractivity contribution in [1.29, 1.82) is 0 Å². The number of nitrogens with zero attached hydrogens (tertiary/aromatic N) is 2. The lowest BCUT2D eigenvalue weighted by atomic mass is 10.0. The van der Waals surface area contributed by atoms with E-state index < -0.39 is 23.5 Å². The number of alkyl carbamates (subject to hydrolysis) is 1. The summed E-state index contributed by atoms with van der Waals surface area (Å²) in [6, 6.07) is 7.62. The molecule has 2 heterocycles. The molecule has 1 fully saturated rings. The quantitative estimate of drug-likeness (QED) is 0.591. The van der Waals surface area contributed by atoms with E-state index >= 15 is 0 Å². The molecule has 1 aromatic rings. The summed E-state index contributed by atoms with van der Waals surface area (Å²) in [5.41, 5.74) is 1.29. The van der Waals surface area contributed by atoms with Crippen molar-refractivity contribution in [2.45, 2.75) is 45.3 Å². The van der Waals surface area contributed by atoms with Crippen LogP contribution in [-0.4, -0.2) is 65.8 Å². The molecule has 0 saturated carbocycles. The number of rotatable bonds is 6. The van der Waals surface area contributed by atoms with E-state index in [9.17, 15) is 14.4 Å². The van der Waals surface area contributed by atoms with Crippen LogP contribution in [0, 0.1) is 0 Å². The normalized spacial score (nSPS) is 17.6. The summed E-state index contributed by atoms with van der Waals surface area (Å²) < 4.78 is 5.33. The van der Waals surface area contributed by atoms with Crippen LogP contribution in [0.5, 0.6) is 0 Å². The standard InChI is InChI=1S/C22H30N4O5/c1-22(2,3)31-21(30)23-15-8-10-25(11-9-15)18-7-5-4-6-16(18)24-17-14-19(28)26(12-13-27)20(17)29/h4-7,14-15,24,27H,8-13H2,1-3H3,(H,23,30). The largest absolute Gasteiger partial charge is 0.444 e. The molecule has 31 heavy (non-hydrogen) atoms. The monoisotopic (exact) mass is 430 g/mol. The van der Waals surface area contributed by atoms with E-state index in [4.69, 9.17) is 9.84 Å². The van der Waals surface area contributed by atoms with E-state index in [0.29, 0.717) is 0 Å². The summed E-state index contributed by atoms with van der Waals surface area (Å²) in [5.74, 6) is -0.887. The summed E-state index contributed by atoms with van der Waals surface area (Å²) in [6.07, 6.45) is 2.37. The van der Waals surface area contributed by atoms with Gasteiger partial charge in [-0.15, -0.1) is 0 Å². The van der Waals surface area contributed by atoms with Crippen LogP contribution in [0.25, 0.3) is 0 Å². The van der Waals surface area contributed by atoms with Gasteiger partial charge in [-0.1, -0.05) is 12.1 Å². The first-order chi connectivity index (χ1) is 14.7. The molecule has 2 aliphatic rings. The Kier molecular flexibility index (Phi) is 6.84. The van der Waals surface area contributed by atoms with Gasteiger partial charge in [-0.3, -0.25) is 14.5 Å². The number of para-hydroxylation sites is 2. The van der Waals surface area contributed by atoms with Gasteiger partial charge in [-0.05, 0) is 45.7 Å². The fourth-order valence-electron chi connectivity index (χ4n) is 3.65. The second kappa shape index (κ2) is 9.38. The van der Waals surface area contributed by atoms with Gasteiger partial charge in [0.15, 0.2) is 0 Å². The third kappa shape index (κ3) is 5.75. The molecule has 0 unspecified atom stereocenters. The molecule has 9 nitrogen and oxygen atoms in total. The number of imide groups is 1. The summed E-state index contributed by atoms with van der Waals surface area (Å²) in [4.78, 5) is 39.6. The minimum Gasteiger partial charge on any atom is -0.444 e. The first-order valence-corrected chi connectivity index (χ1v) is 10.5. The molecule has 1 aromatic carbocycles. The maximum absolute atomic E-state index is 12.4. The third-order valence-electron chi connectivity index (χ3n) is 5.06. The van der Waals surface area contributed by atoms with Crippen LogP contribution in [-0.2, 0) is 14.3 Å². The van der Waals surface area contributed by atoms with E-state index in [2.05, 4.69) is 15.5 Å². The van der Waals surface area contributed by atoms with Crippen molar-refractivity contribution in [3.63, 3.8) is 0 Å². The van der Waals surface area contributed by atoms with Gasteiger partial charge in [-0.2, -0.15) is 0 Å². The summed E-state index contributed by atoms with van der Waals surface area (Å²) in [5, 5.41) is 15.1.